The lowest BCUT2D eigenvalue weighted by Crippen LogP contribution is -2.34. The van der Waals surface area contributed by atoms with Crippen LogP contribution in [0.1, 0.15) is 86.2 Å². The quantitative estimate of drug-likeness (QED) is 0.0895. The summed E-state index contributed by atoms with van der Waals surface area (Å²) in [5, 5.41) is 8.62. The second-order valence-corrected chi connectivity index (χ2v) is 11.0. The Labute approximate surface area is 265 Å². The number of carbonyl (C=O) groups excluding carboxylic acids is 5. The van der Waals surface area contributed by atoms with Crippen molar-refractivity contribution in [1.82, 2.24) is 15.5 Å². The Morgan fingerprint density at radius 3 is 2.44 bits per heavy atom. The number of carbonyl (C=O) groups is 5. The van der Waals surface area contributed by atoms with Gasteiger partial charge in [-0.1, -0.05) is 31.4 Å². The number of nitrogens with one attached hydrogen (secondary N) is 3. The van der Waals surface area contributed by atoms with Crippen molar-refractivity contribution in [2.24, 2.45) is 5.73 Å². The molecule has 0 bridgehead atoms. The third-order valence-electron chi connectivity index (χ3n) is 7.69. The molecule has 0 saturated heterocycles. The number of imide groups is 1. The molecule has 0 aromatic heterocycles. The number of aryl methyl sites for hydroxylation is 1. The van der Waals surface area contributed by atoms with Gasteiger partial charge in [-0.3, -0.25) is 29.3 Å². The molecule has 0 aliphatic carbocycles. The van der Waals surface area contributed by atoms with E-state index < -0.39 is 0 Å². The maximum Gasteiger partial charge on any atom is 0.254 e. The molecule has 2 aromatic carbocycles. The third kappa shape index (κ3) is 12.6. The standard InChI is InChI=1S/C32H45N5O5.CH3NO/c1-23(14-17-30(39)35-22-38)37-21-26-25(32(37)41)11-8-12-28(26)36-31(40)13-6-4-3-5-7-18-34-19-9-10-24-15-16-27(33)29(20-24)42-2;2-1-3/h8,11-12,15-16,20,22-23,34H,3-7,9-10,13-14,17-19,21,33H2,1-2H3,(H,36,40)(H,35,38,39);1H,(H2,2,3). The molecule has 45 heavy (non-hydrogen) atoms. The first kappa shape index (κ1) is 36.7. The lowest BCUT2D eigenvalue weighted by molar-refractivity contribution is -0.125. The number of unbranched alkanes of at least 4 members (excludes halogenated alkanes) is 4. The summed E-state index contributed by atoms with van der Waals surface area (Å²) in [4.78, 5) is 57.9. The first-order valence-electron chi connectivity index (χ1n) is 15.5. The van der Waals surface area contributed by atoms with Gasteiger partial charge in [-0.25, -0.2) is 0 Å². The Kier molecular flexibility index (Phi) is 16.7. The summed E-state index contributed by atoms with van der Waals surface area (Å²) in [5.74, 6) is 0.205. The summed E-state index contributed by atoms with van der Waals surface area (Å²) in [6.45, 7) is 4.22. The van der Waals surface area contributed by atoms with Crippen LogP contribution in [0.25, 0.3) is 0 Å². The smallest absolute Gasteiger partial charge is 0.254 e. The lowest BCUT2D eigenvalue weighted by Gasteiger charge is -2.24. The minimum atomic E-state index is -0.367. The van der Waals surface area contributed by atoms with Crippen LogP contribution in [0, 0.1) is 0 Å². The molecular weight excluding hydrogens is 576 g/mol. The minimum absolute atomic E-state index is 0.0479. The van der Waals surface area contributed by atoms with Crippen molar-refractivity contribution in [2.75, 3.05) is 31.2 Å². The first-order valence-corrected chi connectivity index (χ1v) is 15.5. The fraction of sp³-hybridized carbons (Fsp3) is 0.485. The molecule has 2 aromatic rings. The van der Waals surface area contributed by atoms with Gasteiger partial charge in [-0.2, -0.15) is 0 Å². The third-order valence-corrected chi connectivity index (χ3v) is 7.69. The highest BCUT2D eigenvalue weighted by atomic mass is 16.5. The van der Waals surface area contributed by atoms with E-state index in [-0.39, 0.29) is 36.6 Å². The molecule has 7 N–H and O–H groups in total. The number of methoxy groups -OCH3 is 1. The second-order valence-electron chi connectivity index (χ2n) is 11.0. The zero-order chi connectivity index (χ0) is 33.0. The second kappa shape index (κ2) is 20.5. The maximum absolute atomic E-state index is 13.0. The van der Waals surface area contributed by atoms with Gasteiger partial charge in [0, 0.05) is 42.2 Å². The number of rotatable bonds is 19. The molecule has 5 amide bonds. The van der Waals surface area contributed by atoms with Crippen LogP contribution in [0.4, 0.5) is 11.4 Å². The average Bonchev–Trinajstić information content (AvgIpc) is 3.37. The Morgan fingerprint density at radius 2 is 1.71 bits per heavy atom. The van der Waals surface area contributed by atoms with Crippen LogP contribution in [0.5, 0.6) is 5.75 Å². The Hall–Kier alpha value is -4.45. The highest BCUT2D eigenvalue weighted by molar-refractivity contribution is 6.02. The monoisotopic (exact) mass is 624 g/mol. The van der Waals surface area contributed by atoms with Crippen molar-refractivity contribution in [3.63, 3.8) is 0 Å². The van der Waals surface area contributed by atoms with E-state index >= 15 is 0 Å². The zero-order valence-corrected chi connectivity index (χ0v) is 26.4. The van der Waals surface area contributed by atoms with Crippen LogP contribution < -0.4 is 32.2 Å². The number of nitrogens with two attached hydrogens (primary N) is 2. The van der Waals surface area contributed by atoms with E-state index in [1.54, 1.807) is 24.1 Å². The van der Waals surface area contributed by atoms with Gasteiger partial charge >= 0.3 is 0 Å². The van der Waals surface area contributed by atoms with Crippen LogP contribution in [0.15, 0.2) is 36.4 Å². The van der Waals surface area contributed by atoms with Gasteiger partial charge in [0.15, 0.2) is 0 Å². The number of amides is 5. The van der Waals surface area contributed by atoms with Gasteiger partial charge in [0.1, 0.15) is 5.75 Å². The fourth-order valence-electron chi connectivity index (χ4n) is 5.19. The van der Waals surface area contributed by atoms with E-state index in [1.807, 2.05) is 31.2 Å². The van der Waals surface area contributed by atoms with E-state index in [4.69, 9.17) is 15.3 Å². The highest BCUT2D eigenvalue weighted by Gasteiger charge is 2.32. The predicted octanol–water partition coefficient (Wildman–Crippen LogP) is 3.28. The molecule has 1 aliphatic rings. The molecule has 12 heteroatoms. The van der Waals surface area contributed by atoms with Crippen LogP contribution in [-0.4, -0.2) is 61.7 Å². The molecule has 0 spiro atoms. The molecule has 246 valence electrons. The molecule has 0 radical (unpaired) electrons. The number of fused-ring (bicyclic) bond motifs is 1. The van der Waals surface area contributed by atoms with Gasteiger partial charge in [0.25, 0.3) is 5.91 Å². The molecule has 3 rings (SSSR count). The van der Waals surface area contributed by atoms with E-state index in [1.165, 1.54) is 5.56 Å². The fourth-order valence-corrected chi connectivity index (χ4v) is 5.19. The number of nitrogens with zero attached hydrogens (tertiary/aromatic N) is 1. The predicted molar refractivity (Wildman–Crippen MR) is 174 cm³/mol. The normalized spacial score (nSPS) is 12.4. The number of anilines is 2. The topological polar surface area (TPSA) is 186 Å². The summed E-state index contributed by atoms with van der Waals surface area (Å²) < 4.78 is 5.28. The van der Waals surface area contributed by atoms with Crippen molar-refractivity contribution in [3.8, 4) is 5.75 Å². The molecule has 12 nitrogen and oxygen atoms in total. The van der Waals surface area contributed by atoms with Crippen molar-refractivity contribution in [1.29, 1.82) is 0 Å². The van der Waals surface area contributed by atoms with E-state index in [2.05, 4.69) is 21.7 Å². The maximum atomic E-state index is 13.0. The van der Waals surface area contributed by atoms with Gasteiger partial charge in [-0.15, -0.1) is 0 Å². The summed E-state index contributed by atoms with van der Waals surface area (Å²) in [6.07, 6.45) is 8.84. The van der Waals surface area contributed by atoms with E-state index in [0.29, 0.717) is 42.7 Å². The van der Waals surface area contributed by atoms with Gasteiger partial charge in [-0.05, 0) is 81.9 Å². The summed E-state index contributed by atoms with van der Waals surface area (Å²) in [5.41, 5.74) is 14.0. The first-order chi connectivity index (χ1) is 21.7. The molecule has 1 heterocycles. The van der Waals surface area contributed by atoms with Gasteiger partial charge in [0.05, 0.1) is 12.8 Å². The number of benzene rings is 2. The Morgan fingerprint density at radius 1 is 1.00 bits per heavy atom. The molecule has 0 fully saturated rings. The van der Waals surface area contributed by atoms with Crippen LogP contribution in [0.2, 0.25) is 0 Å². The summed E-state index contributed by atoms with van der Waals surface area (Å²) >= 11 is 0. The summed E-state index contributed by atoms with van der Waals surface area (Å²) in [6, 6.07) is 11.1. The number of hydrogen-bond acceptors (Lipinski definition) is 8. The highest BCUT2D eigenvalue weighted by Crippen LogP contribution is 2.31. The number of hydrogen-bond donors (Lipinski definition) is 5. The number of primary amides is 1. The van der Waals surface area contributed by atoms with E-state index in [0.717, 1.165) is 69.3 Å². The Balaban J connectivity index is 0.00000226. The largest absolute Gasteiger partial charge is 0.495 e. The molecule has 1 aliphatic heterocycles. The van der Waals surface area contributed by atoms with Crippen molar-refractivity contribution < 1.29 is 28.7 Å². The van der Waals surface area contributed by atoms with E-state index in [9.17, 15) is 19.2 Å². The van der Waals surface area contributed by atoms with Crippen LogP contribution >= 0.6 is 0 Å². The lowest BCUT2D eigenvalue weighted by atomic mass is 10.1. The zero-order valence-electron chi connectivity index (χ0n) is 26.4. The summed E-state index contributed by atoms with van der Waals surface area (Å²) in [7, 11) is 1.63. The number of ether oxygens (including phenoxy) is 1. The molecule has 1 unspecified atom stereocenters. The minimum Gasteiger partial charge on any atom is -0.495 e. The SMILES string of the molecule is COc1cc(CCCNCCCCCCCC(=O)Nc2cccc3c2CN(C(C)CCC(=O)NC=O)C3=O)ccc1N.NC=O. The van der Waals surface area contributed by atoms with Crippen LogP contribution in [-0.2, 0) is 32.1 Å². The molecule has 0 saturated carbocycles. The molecular formula is C33H48N6O6. The molecule has 1 atom stereocenters. The van der Waals surface area contributed by atoms with Crippen LogP contribution in [0.3, 0.4) is 0 Å². The van der Waals surface area contributed by atoms with Crippen molar-refractivity contribution in [3.05, 3.63) is 53.1 Å². The Bertz CT molecular complexity index is 1270. The number of nitrogen functional groups attached to an aromatic ring is 1. The van der Waals surface area contributed by atoms with Crippen molar-refractivity contribution in [2.45, 2.75) is 83.7 Å². The average molecular weight is 625 g/mol. The van der Waals surface area contributed by atoms with Gasteiger partial charge < -0.3 is 31.7 Å². The van der Waals surface area contributed by atoms with Gasteiger partial charge in [0.2, 0.25) is 24.6 Å². The van der Waals surface area contributed by atoms with Crippen molar-refractivity contribution >= 4 is 41.9 Å².